The third kappa shape index (κ3) is 2.86. The van der Waals surface area contributed by atoms with Crippen molar-refractivity contribution in [1.82, 2.24) is 0 Å². The molecule has 2 aliphatic carbocycles. The Morgan fingerprint density at radius 1 is 0.724 bits per heavy atom. The van der Waals surface area contributed by atoms with Gasteiger partial charge in [-0.05, 0) is 49.8 Å². The van der Waals surface area contributed by atoms with Crippen molar-refractivity contribution in [3.8, 4) is 5.75 Å². The molecule has 1 N–H and O–H groups in total. The first-order chi connectivity index (χ1) is 13.8. The molecule has 0 amide bonds. The molecule has 4 rings (SSSR count). The maximum Gasteiger partial charge on any atom is 0.194 e. The number of fused-ring (bicyclic) bond motifs is 2. The van der Waals surface area contributed by atoms with Gasteiger partial charge in [0, 0.05) is 27.8 Å². The third-order valence-electron chi connectivity index (χ3n) is 5.21. The summed E-state index contributed by atoms with van der Waals surface area (Å²) in [6.45, 7) is 3.69. The first kappa shape index (κ1) is 18.7. The van der Waals surface area contributed by atoms with Gasteiger partial charge in [0.15, 0.2) is 11.6 Å². The van der Waals surface area contributed by atoms with Gasteiger partial charge < -0.3 is 14.6 Å². The van der Waals surface area contributed by atoms with Gasteiger partial charge in [0.1, 0.15) is 17.3 Å². The van der Waals surface area contributed by atoms with Crippen molar-refractivity contribution in [2.24, 2.45) is 0 Å². The van der Waals surface area contributed by atoms with Crippen LogP contribution >= 0.6 is 0 Å². The molecule has 5 nitrogen and oxygen atoms in total. The summed E-state index contributed by atoms with van der Waals surface area (Å²) in [4.78, 5) is 26.6. The van der Waals surface area contributed by atoms with E-state index in [1.54, 1.807) is 31.2 Å². The summed E-state index contributed by atoms with van der Waals surface area (Å²) >= 11 is 0. The smallest absolute Gasteiger partial charge is 0.194 e. The summed E-state index contributed by atoms with van der Waals surface area (Å²) < 4.78 is 10.9. The van der Waals surface area contributed by atoms with E-state index in [-0.39, 0.29) is 28.5 Å². The molecule has 0 radical (unpaired) electrons. The Balaban J connectivity index is 2.00. The highest BCUT2D eigenvalue weighted by atomic mass is 16.5. The Bertz CT molecular complexity index is 1180. The highest BCUT2D eigenvalue weighted by Gasteiger charge is 2.33. The molecule has 29 heavy (non-hydrogen) atoms. The van der Waals surface area contributed by atoms with Crippen LogP contribution in [-0.2, 0) is 9.47 Å². The average Bonchev–Trinajstić information content (AvgIpc) is 2.69. The van der Waals surface area contributed by atoms with Crippen LogP contribution in [0.5, 0.6) is 5.75 Å². The topological polar surface area (TPSA) is 72.8 Å². The first-order valence-electron chi connectivity index (χ1n) is 9.15. The Morgan fingerprint density at radius 2 is 1.31 bits per heavy atom. The number of ether oxygens (including phenoxy) is 2. The van der Waals surface area contributed by atoms with Gasteiger partial charge in [0.2, 0.25) is 0 Å². The van der Waals surface area contributed by atoms with Gasteiger partial charge in [-0.2, -0.15) is 0 Å². The van der Waals surface area contributed by atoms with Crippen LogP contribution in [-0.4, -0.2) is 30.9 Å². The molecule has 5 heteroatoms. The zero-order valence-corrected chi connectivity index (χ0v) is 16.6. The van der Waals surface area contributed by atoms with Gasteiger partial charge in [0.05, 0.1) is 19.8 Å². The van der Waals surface area contributed by atoms with Gasteiger partial charge in [-0.3, -0.25) is 9.59 Å². The summed E-state index contributed by atoms with van der Waals surface area (Å²) in [6, 6.07) is 8.81. The molecule has 0 saturated heterocycles. The lowest BCUT2D eigenvalue weighted by atomic mass is 9.82. The molecular formula is C24H20O5. The van der Waals surface area contributed by atoms with Crippen molar-refractivity contribution >= 4 is 23.1 Å². The second-order valence-electron chi connectivity index (χ2n) is 7.17. The van der Waals surface area contributed by atoms with Crippen LogP contribution in [0.25, 0.3) is 11.5 Å². The minimum atomic E-state index is -0.342. The quantitative estimate of drug-likeness (QED) is 0.774. The molecule has 0 unspecified atom stereocenters. The normalized spacial score (nSPS) is 17.9. The molecule has 2 aromatic rings. The van der Waals surface area contributed by atoms with Crippen LogP contribution in [0.3, 0.4) is 0 Å². The number of carbonyl (C=O) groups is 2. The molecule has 0 atom stereocenters. The molecule has 146 valence electrons. The summed E-state index contributed by atoms with van der Waals surface area (Å²) in [5, 5.41) is 10.4. The monoisotopic (exact) mass is 388 g/mol. The molecule has 0 fully saturated rings. The van der Waals surface area contributed by atoms with Crippen molar-refractivity contribution in [2.75, 3.05) is 14.2 Å². The summed E-state index contributed by atoms with van der Waals surface area (Å²) in [6.07, 6.45) is 3.11. The second kappa shape index (κ2) is 6.78. The van der Waals surface area contributed by atoms with E-state index in [9.17, 15) is 14.7 Å². The average molecular weight is 388 g/mol. The van der Waals surface area contributed by atoms with Crippen molar-refractivity contribution in [3.63, 3.8) is 0 Å². The summed E-state index contributed by atoms with van der Waals surface area (Å²) in [7, 11) is 2.99. The molecule has 0 heterocycles. The van der Waals surface area contributed by atoms with Crippen molar-refractivity contribution in [2.45, 2.75) is 13.8 Å². The Kier molecular flexibility index (Phi) is 4.38. The van der Waals surface area contributed by atoms with E-state index >= 15 is 0 Å². The third-order valence-corrected chi connectivity index (χ3v) is 5.21. The van der Waals surface area contributed by atoms with E-state index in [2.05, 4.69) is 0 Å². The Hall–Kier alpha value is -3.60. The Labute approximate surface area is 168 Å². The molecule has 0 saturated carbocycles. The predicted octanol–water partition coefficient (Wildman–Crippen LogP) is 4.37. The fourth-order valence-electron chi connectivity index (χ4n) is 3.83. The van der Waals surface area contributed by atoms with Crippen LogP contribution in [0.2, 0.25) is 0 Å². The van der Waals surface area contributed by atoms with E-state index in [1.165, 1.54) is 20.3 Å². The number of phenols is 1. The lowest BCUT2D eigenvalue weighted by Crippen LogP contribution is -2.20. The molecule has 0 spiro atoms. The van der Waals surface area contributed by atoms with Crippen LogP contribution in [0.4, 0.5) is 0 Å². The summed E-state index contributed by atoms with van der Waals surface area (Å²) in [5.74, 6) is 0.218. The van der Waals surface area contributed by atoms with Gasteiger partial charge >= 0.3 is 0 Å². The van der Waals surface area contributed by atoms with Gasteiger partial charge in [-0.25, -0.2) is 0 Å². The van der Waals surface area contributed by atoms with E-state index in [1.807, 2.05) is 19.1 Å². The highest BCUT2D eigenvalue weighted by molar-refractivity contribution is 6.25. The standard InChI is InChI=1S/C24H20O5/c1-12-5-6-14-15(7-12)23(26)16(10-20(14)28-3)17-11-21(29-4)22-18(24(17)27)8-13(2)9-19(22)25/h5-11,25H,1-4H3/b17-16+. The minimum Gasteiger partial charge on any atom is -0.507 e. The zero-order chi connectivity index (χ0) is 20.9. The maximum absolute atomic E-state index is 13.3. The van der Waals surface area contributed by atoms with Crippen LogP contribution in [0.1, 0.15) is 43.0 Å². The van der Waals surface area contributed by atoms with Gasteiger partial charge in [0.25, 0.3) is 0 Å². The van der Waals surface area contributed by atoms with Gasteiger partial charge in [-0.1, -0.05) is 17.7 Å². The number of rotatable bonds is 2. The minimum absolute atomic E-state index is 0.0328. The maximum atomic E-state index is 13.3. The number of Topliss-reactive ketones (excluding diaryl/α,β-unsaturated/α-hetero) is 2. The first-order valence-corrected chi connectivity index (χ1v) is 9.15. The van der Waals surface area contributed by atoms with E-state index in [0.717, 1.165) is 11.1 Å². The number of hydrogen-bond donors (Lipinski definition) is 1. The molecule has 0 bridgehead atoms. The number of carbonyl (C=O) groups excluding carboxylic acids is 2. The van der Waals surface area contributed by atoms with E-state index in [0.29, 0.717) is 33.8 Å². The van der Waals surface area contributed by atoms with Crippen molar-refractivity contribution < 1.29 is 24.2 Å². The van der Waals surface area contributed by atoms with Crippen molar-refractivity contribution in [3.05, 3.63) is 87.0 Å². The SMILES string of the molecule is COC1=C/C(=C2/C=C(OC)c3c(O)cc(C)cc3C2=O)C(=O)c2cc(C)ccc21. The predicted molar refractivity (Wildman–Crippen MR) is 110 cm³/mol. The van der Waals surface area contributed by atoms with Crippen LogP contribution in [0.15, 0.2) is 53.6 Å². The number of aryl methyl sites for hydroxylation is 2. The van der Waals surface area contributed by atoms with E-state index < -0.39 is 0 Å². The number of allylic oxidation sites excluding steroid dienone is 4. The molecule has 0 aromatic heterocycles. The number of benzene rings is 2. The Morgan fingerprint density at radius 3 is 1.97 bits per heavy atom. The van der Waals surface area contributed by atoms with Crippen molar-refractivity contribution in [1.29, 1.82) is 0 Å². The molecule has 0 aliphatic heterocycles. The van der Waals surface area contributed by atoms with E-state index in [4.69, 9.17) is 9.47 Å². The number of aromatic hydroxyl groups is 1. The zero-order valence-electron chi connectivity index (χ0n) is 16.6. The van der Waals surface area contributed by atoms with Crippen LogP contribution in [0, 0.1) is 13.8 Å². The van der Waals surface area contributed by atoms with Gasteiger partial charge in [-0.15, -0.1) is 0 Å². The highest BCUT2D eigenvalue weighted by Crippen LogP contribution is 2.40. The lowest BCUT2D eigenvalue weighted by molar-refractivity contribution is 0.100. The number of hydrogen-bond acceptors (Lipinski definition) is 5. The molecule has 2 aromatic carbocycles. The molecule has 2 aliphatic rings. The van der Waals surface area contributed by atoms with Crippen LogP contribution < -0.4 is 0 Å². The fraction of sp³-hybridized carbons (Fsp3) is 0.167. The molecular weight excluding hydrogens is 368 g/mol. The second-order valence-corrected chi connectivity index (χ2v) is 7.17. The number of ketones is 2. The lowest BCUT2D eigenvalue weighted by Gasteiger charge is -2.23. The largest absolute Gasteiger partial charge is 0.507 e. The number of phenolic OH excluding ortho intramolecular Hbond substituents is 1. The fourth-order valence-corrected chi connectivity index (χ4v) is 3.83. The number of methoxy groups -OCH3 is 2. The summed E-state index contributed by atoms with van der Waals surface area (Å²) in [5.41, 5.74) is 3.96.